The number of hydrogen-bond acceptors (Lipinski definition) is 4. The number of carbonyl (C=O) groups is 1. The molecule has 4 aromatic rings. The average molecular weight is 278 g/mol. The average Bonchev–Trinajstić information content (AvgIpc) is 2.86. The van der Waals surface area contributed by atoms with Crippen LogP contribution in [-0.4, -0.2) is 30.8 Å². The predicted octanol–water partition coefficient (Wildman–Crippen LogP) is 2.37. The van der Waals surface area contributed by atoms with Gasteiger partial charge in [-0.25, -0.2) is 14.8 Å². The Hall–Kier alpha value is -3.02. The summed E-state index contributed by atoms with van der Waals surface area (Å²) >= 11 is 0. The minimum atomic E-state index is -1.01. The lowest BCUT2D eigenvalue weighted by Crippen LogP contribution is -2.00. The van der Waals surface area contributed by atoms with Crippen LogP contribution in [0, 0.1) is 0 Å². The number of carboxylic acid groups (broad SMARTS) is 1. The number of fused-ring (bicyclic) bond motifs is 4. The molecule has 0 aliphatic rings. The zero-order valence-electron chi connectivity index (χ0n) is 11.1. The molecule has 0 saturated heterocycles. The molecule has 0 aliphatic carbocycles. The van der Waals surface area contributed by atoms with E-state index < -0.39 is 5.97 Å². The van der Waals surface area contributed by atoms with Gasteiger partial charge in [0.1, 0.15) is 11.0 Å². The van der Waals surface area contributed by atoms with E-state index in [2.05, 4.69) is 15.1 Å². The van der Waals surface area contributed by atoms with Gasteiger partial charge in [-0.15, -0.1) is 0 Å². The van der Waals surface area contributed by atoms with Gasteiger partial charge >= 0.3 is 5.97 Å². The maximum absolute atomic E-state index is 11.3. The summed E-state index contributed by atoms with van der Waals surface area (Å²) in [5, 5.41) is 14.4. The van der Waals surface area contributed by atoms with Crippen LogP contribution in [0.1, 0.15) is 10.4 Å². The van der Waals surface area contributed by atoms with E-state index in [1.54, 1.807) is 23.0 Å². The molecule has 102 valence electrons. The predicted molar refractivity (Wildman–Crippen MR) is 78.3 cm³/mol. The SMILES string of the molecule is Cn1ncc2c3nc4c(C(=O)O)cccc4nc3ccc21. The first kappa shape index (κ1) is 11.8. The highest BCUT2D eigenvalue weighted by Crippen LogP contribution is 2.25. The van der Waals surface area contributed by atoms with Crippen LogP contribution in [0.3, 0.4) is 0 Å². The lowest BCUT2D eigenvalue weighted by molar-refractivity contribution is 0.0699. The Morgan fingerprint density at radius 1 is 1.10 bits per heavy atom. The molecule has 6 heteroatoms. The van der Waals surface area contributed by atoms with Gasteiger partial charge in [0.05, 0.1) is 28.3 Å². The minimum Gasteiger partial charge on any atom is -0.478 e. The Labute approximate surface area is 118 Å². The number of carboxylic acids is 1. The molecule has 2 aromatic carbocycles. The summed E-state index contributed by atoms with van der Waals surface area (Å²) in [7, 11) is 1.85. The van der Waals surface area contributed by atoms with Crippen LogP contribution in [0.15, 0.2) is 36.5 Å². The molecule has 0 unspecified atom stereocenters. The number of hydrogen-bond donors (Lipinski definition) is 1. The van der Waals surface area contributed by atoms with Crippen molar-refractivity contribution in [2.45, 2.75) is 0 Å². The number of nitrogens with zero attached hydrogens (tertiary/aromatic N) is 4. The lowest BCUT2D eigenvalue weighted by atomic mass is 10.1. The van der Waals surface area contributed by atoms with E-state index in [1.807, 2.05) is 19.2 Å². The fourth-order valence-electron chi connectivity index (χ4n) is 2.56. The molecule has 1 N–H and O–H groups in total. The van der Waals surface area contributed by atoms with Gasteiger partial charge in [0.25, 0.3) is 0 Å². The van der Waals surface area contributed by atoms with E-state index in [1.165, 1.54) is 6.07 Å². The first-order valence-electron chi connectivity index (χ1n) is 6.39. The topological polar surface area (TPSA) is 80.9 Å². The third-order valence-electron chi connectivity index (χ3n) is 3.59. The first-order chi connectivity index (χ1) is 10.1. The van der Waals surface area contributed by atoms with Gasteiger partial charge in [-0.05, 0) is 24.3 Å². The second kappa shape index (κ2) is 3.99. The monoisotopic (exact) mass is 278 g/mol. The Kier molecular flexibility index (Phi) is 2.24. The van der Waals surface area contributed by atoms with E-state index >= 15 is 0 Å². The van der Waals surface area contributed by atoms with E-state index in [0.717, 1.165) is 16.4 Å². The molecule has 2 aromatic heterocycles. The molecule has 0 spiro atoms. The summed E-state index contributed by atoms with van der Waals surface area (Å²) in [5.74, 6) is -1.01. The van der Waals surface area contributed by atoms with E-state index in [0.29, 0.717) is 16.6 Å². The second-order valence-corrected chi connectivity index (χ2v) is 4.84. The van der Waals surface area contributed by atoms with Crippen LogP contribution in [0.4, 0.5) is 0 Å². The minimum absolute atomic E-state index is 0.155. The van der Waals surface area contributed by atoms with Gasteiger partial charge in [-0.1, -0.05) is 6.07 Å². The molecule has 0 fully saturated rings. The van der Waals surface area contributed by atoms with Crippen molar-refractivity contribution in [3.63, 3.8) is 0 Å². The molecule has 6 nitrogen and oxygen atoms in total. The summed E-state index contributed by atoms with van der Waals surface area (Å²) in [6.45, 7) is 0. The molecular weight excluding hydrogens is 268 g/mol. The number of para-hydroxylation sites is 1. The second-order valence-electron chi connectivity index (χ2n) is 4.84. The maximum Gasteiger partial charge on any atom is 0.337 e. The number of benzene rings is 2. The summed E-state index contributed by atoms with van der Waals surface area (Å²) < 4.78 is 1.75. The number of aryl methyl sites for hydroxylation is 1. The van der Waals surface area contributed by atoms with Gasteiger partial charge in [-0.2, -0.15) is 5.10 Å². The van der Waals surface area contributed by atoms with Crippen molar-refractivity contribution in [3.8, 4) is 0 Å². The first-order valence-corrected chi connectivity index (χ1v) is 6.39. The largest absolute Gasteiger partial charge is 0.478 e. The zero-order valence-corrected chi connectivity index (χ0v) is 11.1. The van der Waals surface area contributed by atoms with Crippen molar-refractivity contribution in [3.05, 3.63) is 42.1 Å². The smallest absolute Gasteiger partial charge is 0.337 e. The van der Waals surface area contributed by atoms with Crippen LogP contribution >= 0.6 is 0 Å². The van der Waals surface area contributed by atoms with Crippen molar-refractivity contribution in [1.82, 2.24) is 19.7 Å². The molecule has 0 amide bonds. The molecule has 0 atom stereocenters. The van der Waals surface area contributed by atoms with Gasteiger partial charge < -0.3 is 5.11 Å². The summed E-state index contributed by atoms with van der Waals surface area (Å²) in [5.41, 5.74) is 3.46. The van der Waals surface area contributed by atoms with Crippen molar-refractivity contribution < 1.29 is 9.90 Å². The Morgan fingerprint density at radius 2 is 1.90 bits per heavy atom. The Bertz CT molecular complexity index is 1040. The van der Waals surface area contributed by atoms with Crippen LogP contribution < -0.4 is 0 Å². The van der Waals surface area contributed by atoms with E-state index in [9.17, 15) is 9.90 Å². The summed E-state index contributed by atoms with van der Waals surface area (Å²) in [6.07, 6.45) is 1.72. The molecule has 0 aliphatic heterocycles. The summed E-state index contributed by atoms with van der Waals surface area (Å²) in [6, 6.07) is 8.79. The van der Waals surface area contributed by atoms with Crippen molar-refractivity contribution in [2.24, 2.45) is 7.05 Å². The van der Waals surface area contributed by atoms with Crippen LogP contribution in [0.25, 0.3) is 33.0 Å². The third-order valence-corrected chi connectivity index (χ3v) is 3.59. The molecular formula is C15H10N4O2. The van der Waals surface area contributed by atoms with Gasteiger partial charge in [0.15, 0.2) is 0 Å². The number of aromatic nitrogens is 4. The Morgan fingerprint density at radius 3 is 2.71 bits per heavy atom. The molecule has 4 rings (SSSR count). The van der Waals surface area contributed by atoms with Gasteiger partial charge in [-0.3, -0.25) is 4.68 Å². The summed E-state index contributed by atoms with van der Waals surface area (Å²) in [4.78, 5) is 20.4. The lowest BCUT2D eigenvalue weighted by Gasteiger charge is -2.04. The molecule has 0 saturated carbocycles. The number of aromatic carboxylic acids is 1. The maximum atomic E-state index is 11.3. The van der Waals surface area contributed by atoms with Crippen LogP contribution in [-0.2, 0) is 7.05 Å². The van der Waals surface area contributed by atoms with E-state index in [4.69, 9.17) is 0 Å². The zero-order chi connectivity index (χ0) is 14.6. The number of rotatable bonds is 1. The van der Waals surface area contributed by atoms with Crippen molar-refractivity contribution in [1.29, 1.82) is 0 Å². The normalized spacial score (nSPS) is 11.5. The molecule has 0 bridgehead atoms. The highest BCUT2D eigenvalue weighted by molar-refractivity contribution is 6.07. The highest BCUT2D eigenvalue weighted by Gasteiger charge is 2.13. The molecule has 0 radical (unpaired) electrons. The van der Waals surface area contributed by atoms with Crippen LogP contribution in [0.5, 0.6) is 0 Å². The Balaban J connectivity index is 2.22. The quantitative estimate of drug-likeness (QED) is 0.540. The molecule has 2 heterocycles. The van der Waals surface area contributed by atoms with Crippen molar-refractivity contribution in [2.75, 3.05) is 0 Å². The van der Waals surface area contributed by atoms with Crippen LogP contribution in [0.2, 0.25) is 0 Å². The molecule has 21 heavy (non-hydrogen) atoms. The van der Waals surface area contributed by atoms with Crippen molar-refractivity contribution >= 4 is 38.9 Å². The fraction of sp³-hybridized carbons (Fsp3) is 0.0667. The van der Waals surface area contributed by atoms with Gasteiger partial charge in [0.2, 0.25) is 0 Å². The standard InChI is InChI=1S/C15H10N4O2/c1-19-12-6-5-11-14(9(12)7-16-19)18-13-8(15(20)21)3-2-4-10(13)17-11/h2-7H,1H3,(H,20,21). The van der Waals surface area contributed by atoms with Gasteiger partial charge in [0, 0.05) is 12.4 Å². The highest BCUT2D eigenvalue weighted by atomic mass is 16.4. The third kappa shape index (κ3) is 1.59. The van der Waals surface area contributed by atoms with E-state index in [-0.39, 0.29) is 5.56 Å². The fourth-order valence-corrected chi connectivity index (χ4v) is 2.56.